The van der Waals surface area contributed by atoms with E-state index in [-0.39, 0.29) is 11.6 Å². The zero-order valence-corrected chi connectivity index (χ0v) is 14.5. The summed E-state index contributed by atoms with van der Waals surface area (Å²) in [7, 11) is 0. The molecule has 1 aromatic rings. The van der Waals surface area contributed by atoms with Crippen molar-refractivity contribution in [1.29, 1.82) is 0 Å². The van der Waals surface area contributed by atoms with Gasteiger partial charge in [-0.05, 0) is 18.1 Å². The van der Waals surface area contributed by atoms with E-state index in [4.69, 9.17) is 12.2 Å². The number of thioether (sulfide) groups is 1. The lowest BCUT2D eigenvalue weighted by molar-refractivity contribution is -0.384. The van der Waals surface area contributed by atoms with Crippen molar-refractivity contribution >= 4 is 46.0 Å². The lowest BCUT2D eigenvalue weighted by Gasteiger charge is -2.13. The van der Waals surface area contributed by atoms with Crippen LogP contribution in [0.4, 0.5) is 5.69 Å². The molecule has 7 heteroatoms. The Balaban J connectivity index is 2.09. The summed E-state index contributed by atoms with van der Waals surface area (Å²) < 4.78 is 0.558. The molecule has 5 nitrogen and oxygen atoms in total. The molecule has 0 aromatic heterocycles. The summed E-state index contributed by atoms with van der Waals surface area (Å²) in [6.07, 6.45) is 5.98. The Bertz CT molecular complexity index is 658. The van der Waals surface area contributed by atoms with Crippen LogP contribution in [0.3, 0.4) is 0 Å². The van der Waals surface area contributed by atoms with E-state index in [1.807, 2.05) is 0 Å². The third-order valence-electron chi connectivity index (χ3n) is 3.49. The smallest absolute Gasteiger partial charge is 0.270 e. The van der Waals surface area contributed by atoms with Gasteiger partial charge in [-0.25, -0.2) is 0 Å². The molecule has 2 rings (SSSR count). The zero-order chi connectivity index (χ0) is 16.8. The maximum atomic E-state index is 12.4. The summed E-state index contributed by atoms with van der Waals surface area (Å²) in [4.78, 5) is 24.9. The maximum Gasteiger partial charge on any atom is 0.270 e. The second-order valence-corrected chi connectivity index (χ2v) is 6.92. The number of thiocarbonyl (C=S) groups is 1. The molecule has 1 saturated heterocycles. The molecule has 1 aliphatic heterocycles. The van der Waals surface area contributed by atoms with Crippen LogP contribution < -0.4 is 0 Å². The number of benzene rings is 1. The topological polar surface area (TPSA) is 63.5 Å². The zero-order valence-electron chi connectivity index (χ0n) is 12.9. The van der Waals surface area contributed by atoms with Crippen LogP contribution in [0.25, 0.3) is 6.08 Å². The number of hydrogen-bond donors (Lipinski definition) is 0. The Morgan fingerprint density at radius 3 is 2.83 bits per heavy atom. The third-order valence-corrected chi connectivity index (χ3v) is 4.87. The van der Waals surface area contributed by atoms with Gasteiger partial charge in [0.2, 0.25) is 0 Å². The van der Waals surface area contributed by atoms with Gasteiger partial charge in [0.1, 0.15) is 4.32 Å². The molecular formula is C16H18N2O3S2. The van der Waals surface area contributed by atoms with Crippen molar-refractivity contribution in [1.82, 2.24) is 4.90 Å². The second kappa shape index (κ2) is 8.21. The van der Waals surface area contributed by atoms with Crippen molar-refractivity contribution in [2.75, 3.05) is 6.54 Å². The Kier molecular flexibility index (Phi) is 6.29. The molecular weight excluding hydrogens is 332 g/mol. The van der Waals surface area contributed by atoms with Gasteiger partial charge in [0.25, 0.3) is 11.6 Å². The van der Waals surface area contributed by atoms with Gasteiger partial charge in [0.05, 0.1) is 9.83 Å². The minimum atomic E-state index is -0.448. The number of carbonyl (C=O) groups is 1. The highest BCUT2D eigenvalue weighted by atomic mass is 32.2. The number of amides is 1. The van der Waals surface area contributed by atoms with Crippen LogP contribution in [0, 0.1) is 10.1 Å². The fourth-order valence-electron chi connectivity index (χ4n) is 2.27. The van der Waals surface area contributed by atoms with Gasteiger partial charge in [-0.2, -0.15) is 0 Å². The highest BCUT2D eigenvalue weighted by Crippen LogP contribution is 2.33. The van der Waals surface area contributed by atoms with E-state index >= 15 is 0 Å². The van der Waals surface area contributed by atoms with Crippen LogP contribution in [-0.4, -0.2) is 26.6 Å². The van der Waals surface area contributed by atoms with Crippen molar-refractivity contribution in [2.24, 2.45) is 0 Å². The molecule has 0 bridgehead atoms. The van der Waals surface area contributed by atoms with E-state index in [1.165, 1.54) is 23.9 Å². The van der Waals surface area contributed by atoms with Crippen molar-refractivity contribution in [3.05, 3.63) is 44.8 Å². The largest absolute Gasteiger partial charge is 0.293 e. The van der Waals surface area contributed by atoms with Crippen LogP contribution in [0.1, 0.15) is 38.2 Å². The van der Waals surface area contributed by atoms with Crippen LogP contribution in [0.2, 0.25) is 0 Å². The number of nitro benzene ring substituents is 1. The summed E-state index contributed by atoms with van der Waals surface area (Å²) in [5.74, 6) is -0.108. The van der Waals surface area contributed by atoms with Crippen molar-refractivity contribution in [2.45, 2.75) is 32.6 Å². The molecule has 23 heavy (non-hydrogen) atoms. The molecule has 0 radical (unpaired) electrons. The van der Waals surface area contributed by atoms with Gasteiger partial charge in [-0.15, -0.1) is 0 Å². The van der Waals surface area contributed by atoms with E-state index in [9.17, 15) is 14.9 Å². The van der Waals surface area contributed by atoms with E-state index < -0.39 is 4.92 Å². The van der Waals surface area contributed by atoms with Gasteiger partial charge < -0.3 is 0 Å². The molecule has 1 aliphatic rings. The van der Waals surface area contributed by atoms with E-state index in [2.05, 4.69) is 6.92 Å². The summed E-state index contributed by atoms with van der Waals surface area (Å²) in [6.45, 7) is 2.78. The summed E-state index contributed by atoms with van der Waals surface area (Å²) in [5.41, 5.74) is 0.638. The molecule has 0 spiro atoms. The molecule has 1 amide bonds. The minimum Gasteiger partial charge on any atom is -0.293 e. The summed E-state index contributed by atoms with van der Waals surface area (Å²) in [5, 5.41) is 10.8. The van der Waals surface area contributed by atoms with E-state index in [0.29, 0.717) is 21.3 Å². The van der Waals surface area contributed by atoms with E-state index in [0.717, 1.165) is 25.7 Å². The molecule has 0 aliphatic carbocycles. The molecule has 0 atom stereocenters. The average molecular weight is 350 g/mol. The normalized spacial score (nSPS) is 16.4. The predicted octanol–water partition coefficient (Wildman–Crippen LogP) is 4.38. The second-order valence-electron chi connectivity index (χ2n) is 5.25. The fourth-order valence-corrected chi connectivity index (χ4v) is 3.58. The first-order valence-electron chi connectivity index (χ1n) is 7.52. The number of hydrogen-bond acceptors (Lipinski definition) is 5. The highest BCUT2D eigenvalue weighted by Gasteiger charge is 2.31. The van der Waals surface area contributed by atoms with Crippen LogP contribution in [0.5, 0.6) is 0 Å². The van der Waals surface area contributed by atoms with Crippen LogP contribution in [0.15, 0.2) is 29.2 Å². The first-order valence-corrected chi connectivity index (χ1v) is 8.75. The van der Waals surface area contributed by atoms with Crippen molar-refractivity contribution in [3.63, 3.8) is 0 Å². The molecule has 0 N–H and O–H groups in total. The van der Waals surface area contributed by atoms with Crippen LogP contribution in [-0.2, 0) is 4.79 Å². The quantitative estimate of drug-likeness (QED) is 0.240. The lowest BCUT2D eigenvalue weighted by Crippen LogP contribution is -2.28. The van der Waals surface area contributed by atoms with E-state index in [1.54, 1.807) is 23.1 Å². The Morgan fingerprint density at radius 2 is 2.13 bits per heavy atom. The van der Waals surface area contributed by atoms with Gasteiger partial charge in [0.15, 0.2) is 0 Å². The van der Waals surface area contributed by atoms with Gasteiger partial charge in [-0.1, -0.05) is 62.3 Å². The lowest BCUT2D eigenvalue weighted by atomic mass is 10.2. The predicted molar refractivity (Wildman–Crippen MR) is 97.1 cm³/mol. The van der Waals surface area contributed by atoms with Crippen molar-refractivity contribution in [3.8, 4) is 0 Å². The first kappa shape index (κ1) is 17.6. The van der Waals surface area contributed by atoms with Gasteiger partial charge in [-0.3, -0.25) is 19.8 Å². The third kappa shape index (κ3) is 4.62. The number of nitrogens with zero attached hydrogens (tertiary/aromatic N) is 2. The highest BCUT2D eigenvalue weighted by molar-refractivity contribution is 8.26. The minimum absolute atomic E-state index is 0.00814. The molecule has 0 unspecified atom stereocenters. The standard InChI is InChI=1S/C16H18N2O3S2/c1-2-3-4-5-9-17-15(19)14(23-16(17)22)11-12-7-6-8-13(10-12)18(20)21/h6-8,10-11H,2-5,9H2,1H3. The number of rotatable bonds is 7. The number of unbranched alkanes of at least 4 members (excludes halogenated alkanes) is 3. The first-order chi connectivity index (χ1) is 11.0. The van der Waals surface area contributed by atoms with Gasteiger partial charge in [0, 0.05) is 18.7 Å². The molecule has 0 saturated carbocycles. The molecule has 1 fully saturated rings. The monoisotopic (exact) mass is 350 g/mol. The Labute approximate surface area is 144 Å². The average Bonchev–Trinajstić information content (AvgIpc) is 2.79. The van der Waals surface area contributed by atoms with Crippen molar-refractivity contribution < 1.29 is 9.72 Å². The SMILES string of the molecule is CCCCCCN1C(=O)C(=Cc2cccc([N+](=O)[O-])c2)SC1=S. The number of nitro groups is 1. The summed E-state index contributed by atoms with van der Waals surface area (Å²) >= 11 is 6.53. The van der Waals surface area contributed by atoms with Crippen LogP contribution >= 0.6 is 24.0 Å². The number of carbonyl (C=O) groups excluding carboxylic acids is 1. The molecule has 1 heterocycles. The molecule has 122 valence electrons. The fraction of sp³-hybridized carbons (Fsp3) is 0.375. The van der Waals surface area contributed by atoms with Gasteiger partial charge >= 0.3 is 0 Å². The Hall–Kier alpha value is -1.73. The molecule has 1 aromatic carbocycles. The summed E-state index contributed by atoms with van der Waals surface area (Å²) in [6, 6.07) is 6.22. The Morgan fingerprint density at radius 1 is 1.35 bits per heavy atom. The maximum absolute atomic E-state index is 12.4. The number of non-ortho nitro benzene ring substituents is 1.